The smallest absolute Gasteiger partial charge is 0.406 e. The van der Waals surface area contributed by atoms with Gasteiger partial charge in [-0.1, -0.05) is 28.5 Å². The summed E-state index contributed by atoms with van der Waals surface area (Å²) in [4.78, 5) is 22.3. The molecule has 1 amide bonds. The van der Waals surface area contributed by atoms with E-state index in [1.54, 1.807) is 25.1 Å². The first-order valence-electron chi connectivity index (χ1n) is 10.00. The van der Waals surface area contributed by atoms with E-state index in [9.17, 15) is 31.1 Å². The normalized spacial score (nSPS) is 12.7. The number of hydrogen-bond acceptors (Lipinski definition) is 7. The van der Waals surface area contributed by atoms with Crippen molar-refractivity contribution in [3.63, 3.8) is 0 Å². The molecule has 196 valence electrons. The third-order valence-electron chi connectivity index (χ3n) is 4.50. The van der Waals surface area contributed by atoms with Gasteiger partial charge in [0.1, 0.15) is 25.2 Å². The summed E-state index contributed by atoms with van der Waals surface area (Å²) in [7, 11) is 2.66. The number of likely N-dealkylation sites (N-methyl/N-ethyl adjacent to an activating group) is 1. The van der Waals surface area contributed by atoms with E-state index >= 15 is 0 Å². The van der Waals surface area contributed by atoms with Gasteiger partial charge in [-0.15, -0.1) is 26.3 Å². The largest absolute Gasteiger partial charge is 0.573 e. The monoisotopic (exact) mass is 521 g/mol. The number of alkyl halides is 6. The predicted molar refractivity (Wildman–Crippen MR) is 116 cm³/mol. The molecular weight excluding hydrogens is 500 g/mol. The molecule has 0 heterocycles. The summed E-state index contributed by atoms with van der Waals surface area (Å²) in [6.07, 6.45) is -10.3. The van der Waals surface area contributed by atoms with Crippen molar-refractivity contribution in [1.29, 1.82) is 0 Å². The molecule has 0 saturated carbocycles. The maximum Gasteiger partial charge on any atom is 0.573 e. The molecule has 0 saturated heterocycles. The molecule has 0 spiro atoms. The van der Waals surface area contributed by atoms with Crippen molar-refractivity contribution in [1.82, 2.24) is 5.32 Å². The molecule has 0 radical (unpaired) electrons. The molecule has 2 aromatic carbocycles. The topological polar surface area (TPSA) is 90.7 Å². The SMILES string of the molecule is CNC(=O)/C(=N/OC)c1cccc(C)c1CO/N=C(\C)c1ccc(OC(F)(F)F)cc1OC(F)(F)F. The Morgan fingerprint density at radius 2 is 1.64 bits per heavy atom. The minimum atomic E-state index is -5.19. The molecule has 0 atom stereocenters. The van der Waals surface area contributed by atoms with Crippen LogP contribution in [0.25, 0.3) is 0 Å². The summed E-state index contributed by atoms with van der Waals surface area (Å²) in [5.41, 5.74) is 1.04. The van der Waals surface area contributed by atoms with Crippen LogP contribution in [0.4, 0.5) is 26.3 Å². The quantitative estimate of drug-likeness (QED) is 0.290. The number of halogens is 6. The second kappa shape index (κ2) is 11.6. The van der Waals surface area contributed by atoms with Crippen LogP contribution >= 0.6 is 0 Å². The molecule has 0 unspecified atom stereocenters. The Bertz CT molecular complexity index is 1150. The lowest BCUT2D eigenvalue weighted by Crippen LogP contribution is -2.29. The maximum atomic E-state index is 12.8. The van der Waals surface area contributed by atoms with E-state index in [1.807, 2.05) is 0 Å². The third kappa shape index (κ3) is 8.06. The Morgan fingerprint density at radius 1 is 0.972 bits per heavy atom. The summed E-state index contributed by atoms with van der Waals surface area (Å²) in [6.45, 7) is 2.76. The van der Waals surface area contributed by atoms with Gasteiger partial charge >= 0.3 is 12.7 Å². The van der Waals surface area contributed by atoms with E-state index in [-0.39, 0.29) is 23.6 Å². The van der Waals surface area contributed by atoms with E-state index in [1.165, 1.54) is 21.1 Å². The van der Waals surface area contributed by atoms with Crippen molar-refractivity contribution < 1.29 is 50.3 Å². The number of nitrogens with zero attached hydrogens (tertiary/aromatic N) is 2. The standard InChI is InChI=1S/C22H21F6N3O5/c1-12-6-5-7-16(19(31-33-4)20(32)29-3)17(12)11-34-30-13(2)15-9-8-14(35-21(23,24)25)10-18(15)36-22(26,27)28/h5-10H,11H2,1-4H3,(H,29,32)/b30-13+,31-19+. The highest BCUT2D eigenvalue weighted by Crippen LogP contribution is 2.33. The van der Waals surface area contributed by atoms with Crippen LogP contribution in [0.5, 0.6) is 11.5 Å². The van der Waals surface area contributed by atoms with Crippen LogP contribution in [0.15, 0.2) is 46.7 Å². The van der Waals surface area contributed by atoms with Crippen molar-refractivity contribution in [3.8, 4) is 11.5 Å². The first-order chi connectivity index (χ1) is 16.8. The first-order valence-corrected chi connectivity index (χ1v) is 10.00. The van der Waals surface area contributed by atoms with Gasteiger partial charge in [0.05, 0.1) is 5.71 Å². The highest BCUT2D eigenvalue weighted by molar-refractivity contribution is 6.45. The van der Waals surface area contributed by atoms with Crippen LogP contribution < -0.4 is 14.8 Å². The number of nitrogens with one attached hydrogen (secondary N) is 1. The van der Waals surface area contributed by atoms with Gasteiger partial charge in [0.2, 0.25) is 0 Å². The summed E-state index contributed by atoms with van der Waals surface area (Å²) in [5, 5.41) is 9.94. The average molecular weight is 521 g/mol. The number of benzene rings is 2. The van der Waals surface area contributed by atoms with Gasteiger partial charge in [0.15, 0.2) is 5.71 Å². The molecule has 2 rings (SSSR count). The minimum absolute atomic E-state index is 0.0517. The zero-order chi connectivity index (χ0) is 27.1. The lowest BCUT2D eigenvalue weighted by atomic mass is 9.98. The summed E-state index contributed by atoms with van der Waals surface area (Å²) in [6, 6.07) is 7.14. The van der Waals surface area contributed by atoms with Crippen molar-refractivity contribution >= 4 is 17.3 Å². The Morgan fingerprint density at radius 3 is 2.22 bits per heavy atom. The Labute approximate surface area is 201 Å². The molecule has 0 aromatic heterocycles. The lowest BCUT2D eigenvalue weighted by Gasteiger charge is -2.16. The molecule has 36 heavy (non-hydrogen) atoms. The number of amides is 1. The van der Waals surface area contributed by atoms with Crippen molar-refractivity contribution in [2.45, 2.75) is 33.2 Å². The Hall–Kier alpha value is -3.97. The summed E-state index contributed by atoms with van der Waals surface area (Å²) >= 11 is 0. The Balaban J connectivity index is 2.37. The fourth-order valence-electron chi connectivity index (χ4n) is 2.99. The fraction of sp³-hybridized carbons (Fsp3) is 0.318. The number of carbonyl (C=O) groups excluding carboxylic acids is 1. The average Bonchev–Trinajstić information content (AvgIpc) is 2.76. The number of aryl methyl sites for hydroxylation is 1. The Kier molecular flexibility index (Phi) is 9.14. The molecule has 2 aromatic rings. The molecule has 0 aliphatic carbocycles. The fourth-order valence-corrected chi connectivity index (χ4v) is 2.99. The number of carbonyl (C=O) groups is 1. The van der Waals surface area contributed by atoms with E-state index in [4.69, 9.17) is 9.68 Å². The highest BCUT2D eigenvalue weighted by Gasteiger charge is 2.34. The molecule has 0 aliphatic heterocycles. The first kappa shape index (κ1) is 28.3. The number of ether oxygens (including phenoxy) is 2. The third-order valence-corrected chi connectivity index (χ3v) is 4.50. The van der Waals surface area contributed by atoms with E-state index < -0.39 is 30.1 Å². The minimum Gasteiger partial charge on any atom is -0.406 e. The van der Waals surface area contributed by atoms with Crippen LogP contribution in [0.2, 0.25) is 0 Å². The van der Waals surface area contributed by atoms with Crippen LogP contribution in [-0.4, -0.2) is 44.2 Å². The van der Waals surface area contributed by atoms with Crippen molar-refractivity contribution in [3.05, 3.63) is 58.7 Å². The molecule has 0 fully saturated rings. The number of hydrogen-bond donors (Lipinski definition) is 1. The molecule has 14 heteroatoms. The van der Waals surface area contributed by atoms with Gasteiger partial charge < -0.3 is 24.5 Å². The summed E-state index contributed by atoms with van der Waals surface area (Å²) in [5.74, 6) is -2.43. The van der Waals surface area contributed by atoms with Crippen LogP contribution in [0.3, 0.4) is 0 Å². The maximum absolute atomic E-state index is 12.8. The van der Waals surface area contributed by atoms with Gasteiger partial charge in [-0.25, -0.2) is 0 Å². The van der Waals surface area contributed by atoms with E-state index in [0.29, 0.717) is 22.8 Å². The van der Waals surface area contributed by atoms with Crippen molar-refractivity contribution in [2.75, 3.05) is 14.2 Å². The molecule has 8 nitrogen and oxygen atoms in total. The van der Waals surface area contributed by atoms with Crippen molar-refractivity contribution in [2.24, 2.45) is 10.3 Å². The van der Waals surface area contributed by atoms with Crippen LogP contribution in [-0.2, 0) is 21.1 Å². The summed E-state index contributed by atoms with van der Waals surface area (Å²) < 4.78 is 83.4. The van der Waals surface area contributed by atoms with Gasteiger partial charge in [-0.2, -0.15) is 0 Å². The highest BCUT2D eigenvalue weighted by atomic mass is 19.4. The zero-order valence-corrected chi connectivity index (χ0v) is 19.4. The molecule has 0 bridgehead atoms. The van der Waals surface area contributed by atoms with Crippen LogP contribution in [0.1, 0.15) is 29.2 Å². The van der Waals surface area contributed by atoms with Crippen LogP contribution in [0, 0.1) is 6.92 Å². The second-order valence-electron chi connectivity index (χ2n) is 7.01. The second-order valence-corrected chi connectivity index (χ2v) is 7.01. The zero-order valence-electron chi connectivity index (χ0n) is 19.4. The molecule has 1 N–H and O–H groups in total. The molecule has 0 aliphatic rings. The van der Waals surface area contributed by atoms with Gasteiger partial charge in [0.25, 0.3) is 5.91 Å². The van der Waals surface area contributed by atoms with E-state index in [0.717, 1.165) is 12.1 Å². The molecular formula is C22H21F6N3O5. The number of oxime groups is 2. The van der Waals surface area contributed by atoms with Gasteiger partial charge in [0, 0.05) is 29.8 Å². The van der Waals surface area contributed by atoms with Gasteiger partial charge in [-0.05, 0) is 31.5 Å². The van der Waals surface area contributed by atoms with E-state index in [2.05, 4.69) is 25.1 Å². The lowest BCUT2D eigenvalue weighted by molar-refractivity contribution is -0.276. The predicted octanol–water partition coefficient (Wildman–Crippen LogP) is 4.83. The number of rotatable bonds is 9. The van der Waals surface area contributed by atoms with Gasteiger partial charge in [-0.3, -0.25) is 4.79 Å².